The van der Waals surface area contributed by atoms with E-state index in [2.05, 4.69) is 10.6 Å². The molecule has 0 unspecified atom stereocenters. The van der Waals surface area contributed by atoms with Gasteiger partial charge >= 0.3 is 6.18 Å². The highest BCUT2D eigenvalue weighted by Gasteiger charge is 2.59. The molecule has 1 aliphatic heterocycles. The summed E-state index contributed by atoms with van der Waals surface area (Å²) >= 11 is 0. The number of anilines is 2. The van der Waals surface area contributed by atoms with Gasteiger partial charge in [0, 0.05) is 5.56 Å². The number of hydrogen-bond donors (Lipinski definition) is 2. The van der Waals surface area contributed by atoms with Crippen molar-refractivity contribution in [2.45, 2.75) is 11.8 Å². The fourth-order valence-corrected chi connectivity index (χ4v) is 2.27. The number of benzene rings is 2. The molecule has 3 rings (SSSR count). The van der Waals surface area contributed by atoms with Crippen LogP contribution in [0.25, 0.3) is 0 Å². The maximum Gasteiger partial charge on any atom is 0.434 e. The Bertz CT molecular complexity index is 568. The van der Waals surface area contributed by atoms with Crippen molar-refractivity contribution < 1.29 is 13.2 Å². The van der Waals surface area contributed by atoms with E-state index in [1.165, 1.54) is 12.1 Å². The molecule has 1 aliphatic rings. The van der Waals surface area contributed by atoms with E-state index in [1.54, 1.807) is 42.5 Å². The van der Waals surface area contributed by atoms with Crippen molar-refractivity contribution >= 4 is 11.4 Å². The Labute approximate surface area is 108 Å². The van der Waals surface area contributed by atoms with E-state index in [-0.39, 0.29) is 5.56 Å². The summed E-state index contributed by atoms with van der Waals surface area (Å²) in [4.78, 5) is 0. The first-order valence-corrected chi connectivity index (χ1v) is 5.80. The molecule has 0 radical (unpaired) electrons. The van der Waals surface area contributed by atoms with Crippen LogP contribution in [0.15, 0.2) is 54.6 Å². The zero-order valence-electron chi connectivity index (χ0n) is 9.83. The standard InChI is InChI=1S/C14H11F3N2/c15-14(16,17)13(10-6-2-1-3-7-10)18-11-8-4-5-9-12(11)19-13/h1-9,18-19H. The minimum Gasteiger partial charge on any atom is -0.350 e. The van der Waals surface area contributed by atoms with Crippen LogP contribution in [0.5, 0.6) is 0 Å². The van der Waals surface area contributed by atoms with E-state index in [9.17, 15) is 13.2 Å². The molecule has 0 saturated carbocycles. The van der Waals surface area contributed by atoms with Gasteiger partial charge in [0.05, 0.1) is 11.4 Å². The maximum atomic E-state index is 13.5. The second-order valence-corrected chi connectivity index (χ2v) is 4.41. The fraction of sp³-hybridized carbons (Fsp3) is 0.143. The Morgan fingerprint density at radius 2 is 1.21 bits per heavy atom. The number of alkyl halides is 3. The molecule has 19 heavy (non-hydrogen) atoms. The summed E-state index contributed by atoms with van der Waals surface area (Å²) in [5.74, 6) is 0. The lowest BCUT2D eigenvalue weighted by Gasteiger charge is -2.33. The third-order valence-corrected chi connectivity index (χ3v) is 3.20. The van der Waals surface area contributed by atoms with Gasteiger partial charge in [-0.3, -0.25) is 0 Å². The van der Waals surface area contributed by atoms with Gasteiger partial charge in [-0.2, -0.15) is 13.2 Å². The van der Waals surface area contributed by atoms with Crippen molar-refractivity contribution in [3.8, 4) is 0 Å². The Balaban J connectivity index is 2.13. The predicted octanol–water partition coefficient (Wildman–Crippen LogP) is 3.94. The highest BCUT2D eigenvalue weighted by atomic mass is 19.4. The molecular weight excluding hydrogens is 253 g/mol. The fourth-order valence-electron chi connectivity index (χ4n) is 2.27. The number of nitrogens with one attached hydrogen (secondary N) is 2. The molecule has 0 bridgehead atoms. The third kappa shape index (κ3) is 1.73. The Morgan fingerprint density at radius 3 is 1.68 bits per heavy atom. The van der Waals surface area contributed by atoms with Crippen LogP contribution < -0.4 is 10.6 Å². The smallest absolute Gasteiger partial charge is 0.350 e. The van der Waals surface area contributed by atoms with Crippen LogP contribution in [0.4, 0.5) is 24.5 Å². The van der Waals surface area contributed by atoms with E-state index in [1.807, 2.05) is 0 Å². The topological polar surface area (TPSA) is 24.1 Å². The molecule has 5 heteroatoms. The minimum atomic E-state index is -4.46. The van der Waals surface area contributed by atoms with Gasteiger partial charge < -0.3 is 10.6 Å². The Kier molecular flexibility index (Phi) is 2.45. The molecule has 0 saturated heterocycles. The largest absolute Gasteiger partial charge is 0.434 e. The summed E-state index contributed by atoms with van der Waals surface area (Å²) < 4.78 is 40.6. The molecule has 2 nitrogen and oxygen atoms in total. The van der Waals surface area contributed by atoms with Crippen LogP contribution in [0, 0.1) is 0 Å². The number of halogens is 3. The highest BCUT2D eigenvalue weighted by Crippen LogP contribution is 2.48. The second kappa shape index (κ2) is 3.91. The van der Waals surface area contributed by atoms with Crippen molar-refractivity contribution in [2.75, 3.05) is 10.6 Å². The van der Waals surface area contributed by atoms with Crippen LogP contribution in [0.2, 0.25) is 0 Å². The van der Waals surface area contributed by atoms with Crippen LogP contribution in [-0.4, -0.2) is 6.18 Å². The minimum absolute atomic E-state index is 0.138. The SMILES string of the molecule is FC(F)(F)C1(c2ccccc2)Nc2ccccc2N1. The molecule has 0 amide bonds. The molecule has 0 fully saturated rings. The van der Waals surface area contributed by atoms with Gasteiger partial charge in [0.1, 0.15) is 0 Å². The molecule has 2 aromatic carbocycles. The van der Waals surface area contributed by atoms with Gasteiger partial charge in [0.15, 0.2) is 0 Å². The molecule has 98 valence electrons. The first kappa shape index (κ1) is 11.9. The van der Waals surface area contributed by atoms with E-state index < -0.39 is 11.8 Å². The van der Waals surface area contributed by atoms with Gasteiger partial charge in [-0.1, -0.05) is 42.5 Å². The lowest BCUT2D eigenvalue weighted by Crippen LogP contribution is -2.52. The number of fused-ring (bicyclic) bond motifs is 1. The molecular formula is C14H11F3N2. The molecule has 2 aromatic rings. The van der Waals surface area contributed by atoms with Crippen molar-refractivity contribution in [1.29, 1.82) is 0 Å². The maximum absolute atomic E-state index is 13.5. The van der Waals surface area contributed by atoms with Gasteiger partial charge in [-0.25, -0.2) is 0 Å². The summed E-state index contributed by atoms with van der Waals surface area (Å²) in [6.07, 6.45) is -4.46. The van der Waals surface area contributed by atoms with Crippen LogP contribution in [0.1, 0.15) is 5.56 Å². The average molecular weight is 264 g/mol. The van der Waals surface area contributed by atoms with Crippen LogP contribution in [0.3, 0.4) is 0 Å². The summed E-state index contributed by atoms with van der Waals surface area (Å²) in [5.41, 5.74) is -1.23. The first-order chi connectivity index (χ1) is 9.03. The van der Waals surface area contributed by atoms with Crippen LogP contribution in [-0.2, 0) is 5.66 Å². The Hall–Kier alpha value is -2.17. The van der Waals surface area contributed by atoms with Crippen molar-refractivity contribution in [3.63, 3.8) is 0 Å². The van der Waals surface area contributed by atoms with Crippen molar-refractivity contribution in [3.05, 3.63) is 60.2 Å². The summed E-state index contributed by atoms with van der Waals surface area (Å²) in [7, 11) is 0. The van der Waals surface area contributed by atoms with Crippen LogP contribution >= 0.6 is 0 Å². The van der Waals surface area contributed by atoms with Gasteiger partial charge in [0.2, 0.25) is 5.66 Å². The van der Waals surface area contributed by atoms with E-state index in [4.69, 9.17) is 0 Å². The number of hydrogen-bond acceptors (Lipinski definition) is 2. The summed E-state index contributed by atoms with van der Waals surface area (Å²) in [6, 6.07) is 14.4. The second-order valence-electron chi connectivity index (χ2n) is 4.41. The highest BCUT2D eigenvalue weighted by molar-refractivity contribution is 5.77. The molecule has 1 heterocycles. The van der Waals surface area contributed by atoms with E-state index >= 15 is 0 Å². The lowest BCUT2D eigenvalue weighted by molar-refractivity contribution is -0.172. The molecule has 0 aliphatic carbocycles. The van der Waals surface area contributed by atoms with E-state index in [0.717, 1.165) is 0 Å². The molecule has 0 atom stereocenters. The summed E-state index contributed by atoms with van der Waals surface area (Å²) in [6.45, 7) is 0. The predicted molar refractivity (Wildman–Crippen MR) is 67.9 cm³/mol. The zero-order valence-corrected chi connectivity index (χ0v) is 9.83. The lowest BCUT2D eigenvalue weighted by atomic mass is 9.99. The zero-order chi connectivity index (χ0) is 13.5. The Morgan fingerprint density at radius 1 is 0.737 bits per heavy atom. The third-order valence-electron chi connectivity index (χ3n) is 3.20. The molecule has 0 aromatic heterocycles. The average Bonchev–Trinajstić information content (AvgIpc) is 2.80. The van der Waals surface area contributed by atoms with Gasteiger partial charge in [-0.05, 0) is 12.1 Å². The number of rotatable bonds is 1. The molecule has 0 spiro atoms. The quantitative estimate of drug-likeness (QED) is 0.815. The summed E-state index contributed by atoms with van der Waals surface area (Å²) in [5, 5.41) is 5.14. The normalized spacial score (nSPS) is 16.4. The van der Waals surface area contributed by atoms with Crippen molar-refractivity contribution in [1.82, 2.24) is 0 Å². The first-order valence-electron chi connectivity index (χ1n) is 5.80. The number of para-hydroxylation sites is 2. The van der Waals surface area contributed by atoms with Gasteiger partial charge in [0.25, 0.3) is 0 Å². The van der Waals surface area contributed by atoms with Gasteiger partial charge in [-0.15, -0.1) is 0 Å². The van der Waals surface area contributed by atoms with E-state index in [0.29, 0.717) is 11.4 Å². The monoisotopic (exact) mass is 264 g/mol. The van der Waals surface area contributed by atoms with Crippen molar-refractivity contribution in [2.24, 2.45) is 0 Å². The molecule has 2 N–H and O–H groups in total.